The van der Waals surface area contributed by atoms with E-state index in [0.29, 0.717) is 5.41 Å². The summed E-state index contributed by atoms with van der Waals surface area (Å²) in [6.45, 7) is 6.48. The van der Waals surface area contributed by atoms with Gasteiger partial charge in [0.05, 0.1) is 12.8 Å². The minimum Gasteiger partial charge on any atom is -0.468 e. The smallest absolute Gasteiger partial charge is 0.117 e. The van der Waals surface area contributed by atoms with Crippen LogP contribution >= 0.6 is 0 Å². The first-order valence-electron chi connectivity index (χ1n) is 8.04. The Hall–Kier alpha value is -0.800. The summed E-state index contributed by atoms with van der Waals surface area (Å²) >= 11 is 0. The van der Waals surface area contributed by atoms with E-state index in [1.54, 1.807) is 6.26 Å². The first-order chi connectivity index (χ1) is 9.55. The summed E-state index contributed by atoms with van der Waals surface area (Å²) in [4.78, 5) is 2.67. The standard InChI is InChI=1S/C17H28N2O/c1-16(2)7-9-17(13-18,10-8-16)19(14-5-6-14)12-15-4-3-11-20-15/h3-4,11,14H,5-10,12-13,18H2,1-2H3. The van der Waals surface area contributed by atoms with Crippen LogP contribution in [0.25, 0.3) is 0 Å². The fourth-order valence-corrected chi connectivity index (χ4v) is 3.64. The van der Waals surface area contributed by atoms with Crippen molar-refractivity contribution in [3.8, 4) is 0 Å². The van der Waals surface area contributed by atoms with Gasteiger partial charge in [-0.3, -0.25) is 4.90 Å². The average molecular weight is 276 g/mol. The third kappa shape index (κ3) is 2.79. The molecule has 2 N–H and O–H groups in total. The third-order valence-corrected chi connectivity index (χ3v) is 5.42. The molecular weight excluding hydrogens is 248 g/mol. The van der Waals surface area contributed by atoms with Gasteiger partial charge in [-0.25, -0.2) is 0 Å². The summed E-state index contributed by atoms with van der Waals surface area (Å²) in [5.41, 5.74) is 6.93. The summed E-state index contributed by atoms with van der Waals surface area (Å²) in [6, 6.07) is 4.80. The van der Waals surface area contributed by atoms with Crippen molar-refractivity contribution in [2.45, 2.75) is 70.5 Å². The number of furan rings is 1. The van der Waals surface area contributed by atoms with Crippen LogP contribution in [-0.4, -0.2) is 23.0 Å². The molecule has 3 rings (SSSR count). The zero-order chi connectivity index (χ0) is 14.2. The average Bonchev–Trinajstić information content (AvgIpc) is 3.14. The van der Waals surface area contributed by atoms with Gasteiger partial charge < -0.3 is 10.2 Å². The summed E-state index contributed by atoms with van der Waals surface area (Å²) in [5, 5.41) is 0. The molecule has 2 fully saturated rings. The topological polar surface area (TPSA) is 42.4 Å². The summed E-state index contributed by atoms with van der Waals surface area (Å²) < 4.78 is 5.58. The molecule has 0 aliphatic heterocycles. The Morgan fingerprint density at radius 1 is 1.25 bits per heavy atom. The van der Waals surface area contributed by atoms with Gasteiger partial charge in [-0.2, -0.15) is 0 Å². The lowest BCUT2D eigenvalue weighted by molar-refractivity contribution is 0.00651. The second-order valence-electron chi connectivity index (χ2n) is 7.53. The van der Waals surface area contributed by atoms with Crippen molar-refractivity contribution >= 4 is 0 Å². The maximum absolute atomic E-state index is 6.25. The molecular formula is C17H28N2O. The third-order valence-electron chi connectivity index (χ3n) is 5.42. The normalized spacial score (nSPS) is 25.0. The molecule has 0 aromatic carbocycles. The first-order valence-corrected chi connectivity index (χ1v) is 8.04. The fourth-order valence-electron chi connectivity index (χ4n) is 3.64. The number of nitrogens with zero attached hydrogens (tertiary/aromatic N) is 1. The Morgan fingerprint density at radius 3 is 2.45 bits per heavy atom. The van der Waals surface area contributed by atoms with Crippen molar-refractivity contribution in [3.63, 3.8) is 0 Å². The van der Waals surface area contributed by atoms with Gasteiger partial charge in [-0.1, -0.05) is 13.8 Å². The Labute approximate surface area is 122 Å². The lowest BCUT2D eigenvalue weighted by Gasteiger charge is -2.50. The van der Waals surface area contributed by atoms with Crippen LogP contribution in [0.1, 0.15) is 58.1 Å². The zero-order valence-electron chi connectivity index (χ0n) is 12.9. The summed E-state index contributed by atoms with van der Waals surface area (Å²) in [7, 11) is 0. The number of hydrogen-bond donors (Lipinski definition) is 1. The van der Waals surface area contributed by atoms with Crippen LogP contribution in [0.5, 0.6) is 0 Å². The van der Waals surface area contributed by atoms with Gasteiger partial charge in [-0.15, -0.1) is 0 Å². The van der Waals surface area contributed by atoms with Crippen LogP contribution in [0.3, 0.4) is 0 Å². The molecule has 1 aromatic rings. The maximum Gasteiger partial charge on any atom is 0.117 e. The molecule has 0 radical (unpaired) electrons. The molecule has 0 bridgehead atoms. The lowest BCUT2D eigenvalue weighted by Crippen LogP contribution is -2.57. The van der Waals surface area contributed by atoms with Gasteiger partial charge in [0, 0.05) is 18.1 Å². The van der Waals surface area contributed by atoms with E-state index in [1.807, 2.05) is 6.07 Å². The number of rotatable bonds is 5. The summed E-state index contributed by atoms with van der Waals surface area (Å²) in [6.07, 6.45) is 9.45. The molecule has 0 atom stereocenters. The molecule has 0 amide bonds. The highest BCUT2D eigenvalue weighted by atomic mass is 16.3. The molecule has 1 aromatic heterocycles. The molecule has 0 spiro atoms. The minimum absolute atomic E-state index is 0.198. The largest absolute Gasteiger partial charge is 0.468 e. The van der Waals surface area contributed by atoms with Gasteiger partial charge in [-0.05, 0) is 56.1 Å². The number of nitrogens with two attached hydrogens (primary N) is 1. The van der Waals surface area contributed by atoms with Gasteiger partial charge >= 0.3 is 0 Å². The predicted molar refractivity (Wildman–Crippen MR) is 81.3 cm³/mol. The van der Waals surface area contributed by atoms with Crippen LogP contribution in [0.15, 0.2) is 22.8 Å². The molecule has 0 unspecified atom stereocenters. The van der Waals surface area contributed by atoms with Crippen molar-refractivity contribution in [1.29, 1.82) is 0 Å². The van der Waals surface area contributed by atoms with Crippen LogP contribution in [0.4, 0.5) is 0 Å². The Balaban J connectivity index is 1.78. The maximum atomic E-state index is 6.25. The van der Waals surface area contributed by atoms with Crippen molar-refractivity contribution in [1.82, 2.24) is 4.90 Å². The van der Waals surface area contributed by atoms with E-state index in [-0.39, 0.29) is 5.54 Å². The summed E-state index contributed by atoms with van der Waals surface area (Å²) in [5.74, 6) is 1.08. The molecule has 1 heterocycles. The quantitative estimate of drug-likeness (QED) is 0.894. The van der Waals surface area contributed by atoms with E-state index >= 15 is 0 Å². The fraction of sp³-hybridized carbons (Fsp3) is 0.765. The molecule has 0 saturated heterocycles. The van der Waals surface area contributed by atoms with Crippen molar-refractivity contribution in [2.24, 2.45) is 11.1 Å². The van der Waals surface area contributed by atoms with Gasteiger partial charge in [0.2, 0.25) is 0 Å². The lowest BCUT2D eigenvalue weighted by atomic mass is 9.68. The second kappa shape index (κ2) is 5.19. The molecule has 3 heteroatoms. The van der Waals surface area contributed by atoms with E-state index in [1.165, 1.54) is 38.5 Å². The van der Waals surface area contributed by atoms with E-state index in [2.05, 4.69) is 24.8 Å². The van der Waals surface area contributed by atoms with Crippen LogP contribution in [0.2, 0.25) is 0 Å². The van der Waals surface area contributed by atoms with E-state index in [4.69, 9.17) is 10.2 Å². The van der Waals surface area contributed by atoms with Crippen molar-refractivity contribution < 1.29 is 4.42 Å². The Morgan fingerprint density at radius 2 is 1.95 bits per heavy atom. The molecule has 20 heavy (non-hydrogen) atoms. The first kappa shape index (κ1) is 14.2. The monoisotopic (exact) mass is 276 g/mol. The van der Waals surface area contributed by atoms with Crippen LogP contribution in [0, 0.1) is 5.41 Å². The Bertz CT molecular complexity index is 424. The zero-order valence-corrected chi connectivity index (χ0v) is 12.9. The molecule has 3 nitrogen and oxygen atoms in total. The highest BCUT2D eigenvalue weighted by Crippen LogP contribution is 2.46. The molecule has 2 aliphatic carbocycles. The van der Waals surface area contributed by atoms with Gasteiger partial charge in [0.25, 0.3) is 0 Å². The predicted octanol–water partition coefficient (Wildman–Crippen LogP) is 3.54. The molecule has 2 saturated carbocycles. The Kier molecular flexibility index (Phi) is 3.67. The second-order valence-corrected chi connectivity index (χ2v) is 7.53. The van der Waals surface area contributed by atoms with E-state index < -0.39 is 0 Å². The molecule has 112 valence electrons. The van der Waals surface area contributed by atoms with Crippen molar-refractivity contribution in [3.05, 3.63) is 24.2 Å². The van der Waals surface area contributed by atoms with Crippen LogP contribution < -0.4 is 5.73 Å². The van der Waals surface area contributed by atoms with Gasteiger partial charge in [0.1, 0.15) is 5.76 Å². The van der Waals surface area contributed by atoms with Gasteiger partial charge in [0.15, 0.2) is 0 Å². The minimum atomic E-state index is 0.198. The molecule has 2 aliphatic rings. The SMILES string of the molecule is CC1(C)CCC(CN)(N(Cc2ccco2)C2CC2)CC1. The highest BCUT2D eigenvalue weighted by molar-refractivity contribution is 5.07. The van der Waals surface area contributed by atoms with E-state index in [9.17, 15) is 0 Å². The number of hydrogen-bond acceptors (Lipinski definition) is 3. The van der Waals surface area contributed by atoms with Crippen LogP contribution in [-0.2, 0) is 6.54 Å². The van der Waals surface area contributed by atoms with E-state index in [0.717, 1.165) is 24.9 Å². The highest BCUT2D eigenvalue weighted by Gasteiger charge is 2.46. The van der Waals surface area contributed by atoms with Crippen molar-refractivity contribution in [2.75, 3.05) is 6.54 Å².